The maximum atomic E-state index is 9.58. The molecular weight excluding hydrogens is 218 g/mol. The lowest BCUT2D eigenvalue weighted by Gasteiger charge is -2.13. The van der Waals surface area contributed by atoms with Crippen LogP contribution in [0.3, 0.4) is 0 Å². The van der Waals surface area contributed by atoms with Crippen molar-refractivity contribution in [2.45, 2.75) is 44.8 Å². The van der Waals surface area contributed by atoms with Crippen LogP contribution >= 0.6 is 0 Å². The first kappa shape index (κ1) is 16.8. The van der Waals surface area contributed by atoms with Gasteiger partial charge in [0.1, 0.15) is 0 Å². The van der Waals surface area contributed by atoms with E-state index in [2.05, 4.69) is 10.6 Å². The molecule has 104 valence electrons. The van der Waals surface area contributed by atoms with Gasteiger partial charge in [-0.25, -0.2) is 0 Å². The summed E-state index contributed by atoms with van der Waals surface area (Å²) in [6.45, 7) is 5.09. The molecule has 0 saturated heterocycles. The third-order valence-electron chi connectivity index (χ3n) is 2.51. The van der Waals surface area contributed by atoms with Crippen LogP contribution in [0.25, 0.3) is 0 Å². The zero-order valence-corrected chi connectivity index (χ0v) is 11.0. The fourth-order valence-corrected chi connectivity index (χ4v) is 1.55. The molecule has 0 aromatic rings. The van der Waals surface area contributed by atoms with Crippen LogP contribution in [-0.4, -0.2) is 55.1 Å². The predicted molar refractivity (Wildman–Crippen MR) is 70.9 cm³/mol. The third kappa shape index (κ3) is 13.7. The molecule has 2 atom stereocenters. The molecule has 0 aliphatic heterocycles. The standard InChI is InChI=1S/C12H29N3O2/c1-11(16)8-15-10-12(17)9-14-7-5-3-2-4-6-13/h11-12,14-17H,2-10,13H2,1H3. The smallest absolute Gasteiger partial charge is 0.0788 e. The van der Waals surface area contributed by atoms with Gasteiger partial charge in [-0.1, -0.05) is 12.8 Å². The number of nitrogens with one attached hydrogen (secondary N) is 2. The number of nitrogens with two attached hydrogens (primary N) is 1. The van der Waals surface area contributed by atoms with Crippen LogP contribution in [-0.2, 0) is 0 Å². The Morgan fingerprint density at radius 1 is 0.941 bits per heavy atom. The third-order valence-corrected chi connectivity index (χ3v) is 2.51. The van der Waals surface area contributed by atoms with Crippen molar-refractivity contribution in [1.82, 2.24) is 10.6 Å². The molecule has 0 fully saturated rings. The van der Waals surface area contributed by atoms with Crippen molar-refractivity contribution in [2.24, 2.45) is 5.73 Å². The summed E-state index contributed by atoms with van der Waals surface area (Å²) >= 11 is 0. The molecule has 17 heavy (non-hydrogen) atoms. The molecule has 0 amide bonds. The Labute approximate surface area is 105 Å². The van der Waals surface area contributed by atoms with Crippen LogP contribution in [0.2, 0.25) is 0 Å². The molecular formula is C12H29N3O2. The number of aliphatic hydroxyl groups is 2. The average Bonchev–Trinajstić information content (AvgIpc) is 2.27. The minimum Gasteiger partial charge on any atom is -0.392 e. The minimum absolute atomic E-state index is 0.363. The lowest BCUT2D eigenvalue weighted by molar-refractivity contribution is 0.151. The van der Waals surface area contributed by atoms with Crippen molar-refractivity contribution in [1.29, 1.82) is 0 Å². The second-order valence-corrected chi connectivity index (χ2v) is 4.57. The van der Waals surface area contributed by atoms with Crippen LogP contribution < -0.4 is 16.4 Å². The van der Waals surface area contributed by atoms with Gasteiger partial charge in [0.25, 0.3) is 0 Å². The molecule has 0 aromatic heterocycles. The van der Waals surface area contributed by atoms with E-state index in [1.807, 2.05) is 0 Å². The highest BCUT2D eigenvalue weighted by Crippen LogP contribution is 1.96. The Bertz CT molecular complexity index is 157. The first-order valence-corrected chi connectivity index (χ1v) is 6.64. The lowest BCUT2D eigenvalue weighted by Crippen LogP contribution is -2.38. The van der Waals surface area contributed by atoms with Crippen LogP contribution in [0.15, 0.2) is 0 Å². The molecule has 0 radical (unpaired) electrons. The summed E-state index contributed by atoms with van der Waals surface area (Å²) in [6, 6.07) is 0. The van der Waals surface area contributed by atoms with Crippen LogP contribution in [0.5, 0.6) is 0 Å². The second kappa shape index (κ2) is 12.3. The average molecular weight is 247 g/mol. The fraction of sp³-hybridized carbons (Fsp3) is 1.00. The van der Waals surface area contributed by atoms with Gasteiger partial charge in [0.05, 0.1) is 12.2 Å². The quantitative estimate of drug-likeness (QED) is 0.298. The van der Waals surface area contributed by atoms with Gasteiger partial charge >= 0.3 is 0 Å². The SMILES string of the molecule is CC(O)CNCC(O)CNCCCCCCN. The Hall–Kier alpha value is -0.200. The zero-order valence-electron chi connectivity index (χ0n) is 11.0. The highest BCUT2D eigenvalue weighted by molar-refractivity contribution is 4.64. The van der Waals surface area contributed by atoms with Gasteiger partial charge in [-0.05, 0) is 32.9 Å². The van der Waals surface area contributed by atoms with Crippen LogP contribution in [0.1, 0.15) is 32.6 Å². The van der Waals surface area contributed by atoms with E-state index in [4.69, 9.17) is 10.8 Å². The van der Waals surface area contributed by atoms with Crippen molar-refractivity contribution >= 4 is 0 Å². The van der Waals surface area contributed by atoms with Gasteiger partial charge in [0.15, 0.2) is 0 Å². The number of aliphatic hydroxyl groups excluding tert-OH is 2. The number of unbranched alkanes of at least 4 members (excludes halogenated alkanes) is 3. The fourth-order valence-electron chi connectivity index (χ4n) is 1.55. The maximum Gasteiger partial charge on any atom is 0.0788 e. The number of hydrogen-bond donors (Lipinski definition) is 5. The molecule has 0 heterocycles. The van der Waals surface area contributed by atoms with Crippen molar-refractivity contribution in [3.8, 4) is 0 Å². The molecule has 5 heteroatoms. The van der Waals surface area contributed by atoms with E-state index in [0.29, 0.717) is 19.6 Å². The molecule has 2 unspecified atom stereocenters. The molecule has 0 aliphatic rings. The van der Waals surface area contributed by atoms with E-state index in [-0.39, 0.29) is 6.10 Å². The second-order valence-electron chi connectivity index (χ2n) is 4.57. The summed E-state index contributed by atoms with van der Waals surface area (Å²) in [6.07, 6.45) is 3.87. The molecule has 5 nitrogen and oxygen atoms in total. The Kier molecular flexibility index (Phi) is 12.1. The minimum atomic E-state index is -0.391. The van der Waals surface area contributed by atoms with Gasteiger partial charge in [-0.15, -0.1) is 0 Å². The van der Waals surface area contributed by atoms with Gasteiger partial charge in [-0.3, -0.25) is 0 Å². The Balaban J connectivity index is 3.13. The van der Waals surface area contributed by atoms with E-state index < -0.39 is 6.10 Å². The summed E-state index contributed by atoms with van der Waals surface area (Å²) in [5, 5.41) is 24.8. The van der Waals surface area contributed by atoms with E-state index in [0.717, 1.165) is 25.9 Å². The molecule has 0 bridgehead atoms. The number of hydrogen-bond acceptors (Lipinski definition) is 5. The highest BCUT2D eigenvalue weighted by atomic mass is 16.3. The molecule has 0 spiro atoms. The largest absolute Gasteiger partial charge is 0.392 e. The van der Waals surface area contributed by atoms with Gasteiger partial charge in [0, 0.05) is 19.6 Å². The summed E-state index contributed by atoms with van der Waals surface area (Å²) in [5.74, 6) is 0. The van der Waals surface area contributed by atoms with Gasteiger partial charge < -0.3 is 26.6 Å². The highest BCUT2D eigenvalue weighted by Gasteiger charge is 2.03. The maximum absolute atomic E-state index is 9.58. The first-order chi connectivity index (χ1) is 8.16. The van der Waals surface area contributed by atoms with E-state index in [1.165, 1.54) is 12.8 Å². The van der Waals surface area contributed by atoms with Gasteiger partial charge in [-0.2, -0.15) is 0 Å². The molecule has 6 N–H and O–H groups in total. The topological polar surface area (TPSA) is 90.5 Å². The van der Waals surface area contributed by atoms with E-state index in [1.54, 1.807) is 6.92 Å². The molecule has 0 saturated carbocycles. The van der Waals surface area contributed by atoms with Gasteiger partial charge in [0.2, 0.25) is 0 Å². The first-order valence-electron chi connectivity index (χ1n) is 6.64. The van der Waals surface area contributed by atoms with Crippen LogP contribution in [0, 0.1) is 0 Å². The molecule has 0 aromatic carbocycles. The molecule has 0 rings (SSSR count). The van der Waals surface area contributed by atoms with E-state index >= 15 is 0 Å². The van der Waals surface area contributed by atoms with Crippen molar-refractivity contribution in [3.63, 3.8) is 0 Å². The monoisotopic (exact) mass is 247 g/mol. The summed E-state index contributed by atoms with van der Waals surface area (Å²) in [5.41, 5.74) is 5.40. The normalized spacial score (nSPS) is 14.8. The summed E-state index contributed by atoms with van der Waals surface area (Å²) < 4.78 is 0. The summed E-state index contributed by atoms with van der Waals surface area (Å²) in [7, 11) is 0. The van der Waals surface area contributed by atoms with Crippen molar-refractivity contribution in [2.75, 3.05) is 32.7 Å². The van der Waals surface area contributed by atoms with E-state index in [9.17, 15) is 5.11 Å². The van der Waals surface area contributed by atoms with Crippen molar-refractivity contribution in [3.05, 3.63) is 0 Å². The molecule has 0 aliphatic carbocycles. The van der Waals surface area contributed by atoms with Crippen LogP contribution in [0.4, 0.5) is 0 Å². The Morgan fingerprint density at radius 2 is 1.59 bits per heavy atom. The summed E-state index contributed by atoms with van der Waals surface area (Å²) in [4.78, 5) is 0. The number of rotatable bonds is 12. The lowest BCUT2D eigenvalue weighted by atomic mass is 10.2. The predicted octanol–water partition coefficient (Wildman–Crippen LogP) is -0.574. The Morgan fingerprint density at radius 3 is 2.24 bits per heavy atom. The zero-order chi connectivity index (χ0) is 12.9. The van der Waals surface area contributed by atoms with Crippen molar-refractivity contribution < 1.29 is 10.2 Å².